The quantitative estimate of drug-likeness (QED) is 0.611. The largest absolute Gasteiger partial charge is 0.349 e. The lowest BCUT2D eigenvalue weighted by atomic mass is 10.0. The molecular formula is C10H11NS. The SMILES string of the molecule is Cc1ccc(C)c2c1CC(=S)N2. The van der Waals surface area contributed by atoms with Gasteiger partial charge in [0.05, 0.1) is 4.99 Å². The number of hydrogen-bond donors (Lipinski definition) is 1. The number of hydrogen-bond acceptors (Lipinski definition) is 1. The Hall–Kier alpha value is -0.890. The van der Waals surface area contributed by atoms with E-state index in [-0.39, 0.29) is 0 Å². The minimum atomic E-state index is 0.915. The van der Waals surface area contributed by atoms with Gasteiger partial charge in [0.15, 0.2) is 0 Å². The van der Waals surface area contributed by atoms with Gasteiger partial charge in [0.2, 0.25) is 0 Å². The first kappa shape index (κ1) is 7.74. The Balaban J connectivity index is 2.64. The van der Waals surface area contributed by atoms with Crippen molar-refractivity contribution in [1.82, 2.24) is 0 Å². The summed E-state index contributed by atoms with van der Waals surface area (Å²) >= 11 is 5.13. The predicted molar refractivity (Wildman–Crippen MR) is 55.8 cm³/mol. The third-order valence-corrected chi connectivity index (χ3v) is 2.60. The Morgan fingerprint density at radius 3 is 2.58 bits per heavy atom. The summed E-state index contributed by atoms with van der Waals surface area (Å²) in [4.78, 5) is 0.947. The highest BCUT2D eigenvalue weighted by molar-refractivity contribution is 7.80. The Morgan fingerprint density at radius 2 is 1.92 bits per heavy atom. The normalized spacial score (nSPS) is 14.3. The number of anilines is 1. The monoisotopic (exact) mass is 177 g/mol. The van der Waals surface area contributed by atoms with Crippen LogP contribution in [0.4, 0.5) is 5.69 Å². The van der Waals surface area contributed by atoms with E-state index in [9.17, 15) is 0 Å². The molecule has 0 saturated carbocycles. The van der Waals surface area contributed by atoms with Crippen molar-refractivity contribution in [1.29, 1.82) is 0 Å². The number of nitrogens with one attached hydrogen (secondary N) is 1. The van der Waals surface area contributed by atoms with Crippen LogP contribution in [0.3, 0.4) is 0 Å². The fraction of sp³-hybridized carbons (Fsp3) is 0.300. The van der Waals surface area contributed by atoms with Gasteiger partial charge in [0.1, 0.15) is 0 Å². The minimum absolute atomic E-state index is 0.915. The Kier molecular flexibility index (Phi) is 1.65. The summed E-state index contributed by atoms with van der Waals surface area (Å²) in [5.41, 5.74) is 5.23. The topological polar surface area (TPSA) is 12.0 Å². The summed E-state index contributed by atoms with van der Waals surface area (Å²) in [6.45, 7) is 4.24. The molecule has 1 aliphatic heterocycles. The first-order valence-corrected chi connectivity index (χ1v) is 4.48. The summed E-state index contributed by atoms with van der Waals surface area (Å²) in [6, 6.07) is 4.29. The van der Waals surface area contributed by atoms with Gasteiger partial charge in [0.25, 0.3) is 0 Å². The van der Waals surface area contributed by atoms with Gasteiger partial charge in [-0.1, -0.05) is 24.4 Å². The summed E-state index contributed by atoms with van der Waals surface area (Å²) < 4.78 is 0. The molecule has 1 N–H and O–H groups in total. The lowest BCUT2D eigenvalue weighted by Gasteiger charge is -2.05. The predicted octanol–water partition coefficient (Wildman–Crippen LogP) is 2.60. The number of rotatable bonds is 0. The summed E-state index contributed by atoms with van der Waals surface area (Å²) in [5, 5.41) is 3.24. The molecule has 1 aromatic carbocycles. The van der Waals surface area contributed by atoms with Crippen molar-refractivity contribution in [2.24, 2.45) is 0 Å². The van der Waals surface area contributed by atoms with Crippen molar-refractivity contribution >= 4 is 22.9 Å². The van der Waals surface area contributed by atoms with E-state index in [1.165, 1.54) is 22.4 Å². The van der Waals surface area contributed by atoms with Crippen LogP contribution in [0.15, 0.2) is 12.1 Å². The Morgan fingerprint density at radius 1 is 1.25 bits per heavy atom. The van der Waals surface area contributed by atoms with Gasteiger partial charge in [-0.2, -0.15) is 0 Å². The second-order valence-corrected chi connectivity index (χ2v) is 3.77. The highest BCUT2D eigenvalue weighted by atomic mass is 32.1. The molecule has 0 fully saturated rings. The molecule has 2 rings (SSSR count). The van der Waals surface area contributed by atoms with Crippen LogP contribution in [0.5, 0.6) is 0 Å². The molecule has 1 heterocycles. The van der Waals surface area contributed by atoms with Crippen LogP contribution in [0.1, 0.15) is 16.7 Å². The van der Waals surface area contributed by atoms with E-state index in [2.05, 4.69) is 31.3 Å². The molecule has 0 bridgehead atoms. The molecule has 0 saturated heterocycles. The molecule has 1 aromatic rings. The van der Waals surface area contributed by atoms with Crippen molar-refractivity contribution in [2.45, 2.75) is 20.3 Å². The van der Waals surface area contributed by atoms with E-state index in [0.717, 1.165) is 11.4 Å². The highest BCUT2D eigenvalue weighted by Gasteiger charge is 2.17. The summed E-state index contributed by atoms with van der Waals surface area (Å²) in [6.07, 6.45) is 0.915. The van der Waals surface area contributed by atoms with Crippen molar-refractivity contribution in [3.63, 3.8) is 0 Å². The molecule has 0 aliphatic carbocycles. The second-order valence-electron chi connectivity index (χ2n) is 3.28. The fourth-order valence-electron chi connectivity index (χ4n) is 1.62. The van der Waals surface area contributed by atoms with Gasteiger partial charge < -0.3 is 5.32 Å². The van der Waals surface area contributed by atoms with E-state index >= 15 is 0 Å². The number of thiocarbonyl (C=S) groups is 1. The first-order valence-electron chi connectivity index (χ1n) is 4.07. The third kappa shape index (κ3) is 1.03. The van der Waals surface area contributed by atoms with Crippen LogP contribution in [-0.4, -0.2) is 4.99 Å². The van der Waals surface area contributed by atoms with Crippen LogP contribution < -0.4 is 5.32 Å². The van der Waals surface area contributed by atoms with Gasteiger partial charge in [0, 0.05) is 12.1 Å². The highest BCUT2D eigenvalue weighted by Crippen LogP contribution is 2.29. The van der Waals surface area contributed by atoms with Gasteiger partial charge in [-0.25, -0.2) is 0 Å². The molecule has 0 spiro atoms. The maximum absolute atomic E-state index is 5.13. The summed E-state index contributed by atoms with van der Waals surface area (Å²) in [7, 11) is 0. The lowest BCUT2D eigenvalue weighted by molar-refractivity contribution is 1.29. The van der Waals surface area contributed by atoms with Gasteiger partial charge in [-0.15, -0.1) is 0 Å². The molecule has 0 amide bonds. The molecule has 0 radical (unpaired) electrons. The van der Waals surface area contributed by atoms with Crippen LogP contribution in [0.25, 0.3) is 0 Å². The maximum Gasteiger partial charge on any atom is 0.0842 e. The molecule has 0 atom stereocenters. The number of fused-ring (bicyclic) bond motifs is 1. The third-order valence-electron chi connectivity index (χ3n) is 2.36. The zero-order valence-corrected chi connectivity index (χ0v) is 8.09. The molecular weight excluding hydrogens is 166 g/mol. The van der Waals surface area contributed by atoms with E-state index in [1.54, 1.807) is 0 Å². The van der Waals surface area contributed by atoms with E-state index in [0.29, 0.717) is 0 Å². The fourth-order valence-corrected chi connectivity index (χ4v) is 1.86. The number of aryl methyl sites for hydroxylation is 2. The average Bonchev–Trinajstić information content (AvgIpc) is 2.41. The number of benzene rings is 1. The van der Waals surface area contributed by atoms with Crippen molar-refractivity contribution in [2.75, 3.05) is 5.32 Å². The van der Waals surface area contributed by atoms with Gasteiger partial charge >= 0.3 is 0 Å². The van der Waals surface area contributed by atoms with E-state index < -0.39 is 0 Å². The van der Waals surface area contributed by atoms with E-state index in [4.69, 9.17) is 12.2 Å². The molecule has 12 heavy (non-hydrogen) atoms. The zero-order valence-electron chi connectivity index (χ0n) is 7.27. The van der Waals surface area contributed by atoms with Crippen LogP contribution >= 0.6 is 12.2 Å². The van der Waals surface area contributed by atoms with Crippen molar-refractivity contribution in [3.8, 4) is 0 Å². The zero-order chi connectivity index (χ0) is 8.72. The van der Waals surface area contributed by atoms with Crippen LogP contribution in [0, 0.1) is 13.8 Å². The van der Waals surface area contributed by atoms with Crippen molar-refractivity contribution < 1.29 is 0 Å². The molecule has 1 aliphatic rings. The van der Waals surface area contributed by atoms with Crippen molar-refractivity contribution in [3.05, 3.63) is 28.8 Å². The average molecular weight is 177 g/mol. The second kappa shape index (κ2) is 2.56. The van der Waals surface area contributed by atoms with E-state index in [1.807, 2.05) is 0 Å². The molecule has 1 nitrogen and oxygen atoms in total. The first-order chi connectivity index (χ1) is 5.68. The minimum Gasteiger partial charge on any atom is -0.349 e. The maximum atomic E-state index is 5.13. The van der Waals surface area contributed by atoms with Gasteiger partial charge in [-0.05, 0) is 30.5 Å². The van der Waals surface area contributed by atoms with Gasteiger partial charge in [-0.3, -0.25) is 0 Å². The molecule has 0 aromatic heterocycles. The van der Waals surface area contributed by atoms with Crippen LogP contribution in [0.2, 0.25) is 0 Å². The molecule has 62 valence electrons. The Bertz CT molecular complexity index is 322. The van der Waals surface area contributed by atoms with Crippen LogP contribution in [-0.2, 0) is 6.42 Å². The lowest BCUT2D eigenvalue weighted by Crippen LogP contribution is -2.01. The smallest absolute Gasteiger partial charge is 0.0842 e. The molecule has 0 unspecified atom stereocenters. The Labute approximate surface area is 77.8 Å². The summed E-state index contributed by atoms with van der Waals surface area (Å²) in [5.74, 6) is 0. The molecule has 2 heteroatoms. The standard InChI is InChI=1S/C10H11NS/c1-6-3-4-7(2)10-8(6)5-9(12)11-10/h3-4H,5H2,1-2H3,(H,11,12).